The van der Waals surface area contributed by atoms with E-state index < -0.39 is 5.91 Å². The fourth-order valence-electron chi connectivity index (χ4n) is 1.89. The maximum Gasteiger partial charge on any atom is 0.267 e. The zero-order chi connectivity index (χ0) is 18.2. The number of amides is 1. The Morgan fingerprint density at radius 3 is 2.56 bits per heavy atom. The Kier molecular flexibility index (Phi) is 6.47. The Hall–Kier alpha value is -2.93. The zero-order valence-electron chi connectivity index (χ0n) is 13.2. The number of carbonyl (C=O) groups is 1. The van der Waals surface area contributed by atoms with Crippen molar-refractivity contribution in [3.8, 4) is 11.5 Å². The molecule has 0 unspecified atom stereocenters. The van der Waals surface area contributed by atoms with Gasteiger partial charge in [-0.25, -0.2) is 0 Å². The predicted octanol–water partition coefficient (Wildman–Crippen LogP) is 4.68. The Labute approximate surface area is 154 Å². The number of nitrogens with one attached hydrogen (secondary N) is 2. The lowest BCUT2D eigenvalue weighted by Gasteiger charge is -2.08. The molecule has 0 aliphatic rings. The number of nitrogens with zero attached hydrogens (tertiary/aromatic N) is 2. The van der Waals surface area contributed by atoms with Crippen LogP contribution in [0, 0.1) is 28.9 Å². The van der Waals surface area contributed by atoms with E-state index in [2.05, 4.69) is 10.6 Å². The third-order valence-corrected chi connectivity index (χ3v) is 4.05. The Morgan fingerprint density at radius 1 is 1.20 bits per heavy atom. The van der Waals surface area contributed by atoms with Gasteiger partial charge in [0.2, 0.25) is 0 Å². The van der Waals surface area contributed by atoms with Crippen molar-refractivity contribution < 1.29 is 4.79 Å². The summed E-state index contributed by atoms with van der Waals surface area (Å²) in [7, 11) is 0. The van der Waals surface area contributed by atoms with Crippen molar-refractivity contribution in [2.24, 2.45) is 0 Å². The third kappa shape index (κ3) is 5.29. The Bertz CT molecular complexity index is 895. The molecular formula is C18H13ClN4OS. The SMILES string of the molecule is Cc1ccc(Cl)cc1NC(=O)/C(C#N)=C\Nc1ccc(SC#N)cc1. The molecule has 0 saturated carbocycles. The molecule has 0 heterocycles. The fraction of sp³-hybridized carbons (Fsp3) is 0.0556. The maximum absolute atomic E-state index is 12.2. The van der Waals surface area contributed by atoms with Crippen molar-refractivity contribution in [2.45, 2.75) is 11.8 Å². The number of thiocyanates is 1. The van der Waals surface area contributed by atoms with Crippen LogP contribution in [-0.2, 0) is 4.79 Å². The molecule has 0 atom stereocenters. The average Bonchev–Trinajstić information content (AvgIpc) is 2.60. The quantitative estimate of drug-likeness (QED) is 0.346. The van der Waals surface area contributed by atoms with Gasteiger partial charge in [0, 0.05) is 27.5 Å². The number of thioether (sulfide) groups is 1. The van der Waals surface area contributed by atoms with Gasteiger partial charge in [0.15, 0.2) is 0 Å². The first-order chi connectivity index (χ1) is 12.0. The van der Waals surface area contributed by atoms with Gasteiger partial charge in [0.1, 0.15) is 17.0 Å². The van der Waals surface area contributed by atoms with E-state index >= 15 is 0 Å². The molecule has 0 aliphatic carbocycles. The molecule has 0 saturated heterocycles. The van der Waals surface area contributed by atoms with Crippen LogP contribution in [-0.4, -0.2) is 5.91 Å². The van der Waals surface area contributed by atoms with E-state index in [0.29, 0.717) is 16.4 Å². The minimum absolute atomic E-state index is 0.0742. The monoisotopic (exact) mass is 368 g/mol. The number of hydrogen-bond donors (Lipinski definition) is 2. The summed E-state index contributed by atoms with van der Waals surface area (Å²) in [6, 6.07) is 14.0. The van der Waals surface area contributed by atoms with E-state index in [9.17, 15) is 10.1 Å². The summed E-state index contributed by atoms with van der Waals surface area (Å²) in [5.74, 6) is -0.531. The molecule has 5 nitrogen and oxygen atoms in total. The predicted molar refractivity (Wildman–Crippen MR) is 100 cm³/mol. The molecule has 2 aromatic carbocycles. The fourth-order valence-corrected chi connectivity index (χ4v) is 2.44. The molecule has 0 spiro atoms. The van der Waals surface area contributed by atoms with E-state index in [4.69, 9.17) is 16.9 Å². The minimum atomic E-state index is -0.531. The van der Waals surface area contributed by atoms with Gasteiger partial charge in [-0.2, -0.15) is 10.5 Å². The van der Waals surface area contributed by atoms with Crippen LogP contribution in [0.15, 0.2) is 59.1 Å². The molecule has 7 heteroatoms. The van der Waals surface area contributed by atoms with Crippen molar-refractivity contribution in [3.63, 3.8) is 0 Å². The summed E-state index contributed by atoms with van der Waals surface area (Å²) in [5, 5.41) is 25.9. The van der Waals surface area contributed by atoms with E-state index in [1.165, 1.54) is 6.20 Å². The number of aryl methyl sites for hydroxylation is 1. The highest BCUT2D eigenvalue weighted by molar-refractivity contribution is 8.03. The van der Waals surface area contributed by atoms with Gasteiger partial charge < -0.3 is 10.6 Å². The van der Waals surface area contributed by atoms with E-state index in [1.807, 2.05) is 18.4 Å². The summed E-state index contributed by atoms with van der Waals surface area (Å²) in [6.07, 6.45) is 1.33. The molecule has 2 N–H and O–H groups in total. The van der Waals surface area contributed by atoms with Gasteiger partial charge in [0.25, 0.3) is 5.91 Å². The van der Waals surface area contributed by atoms with Crippen LogP contribution in [0.1, 0.15) is 5.56 Å². The van der Waals surface area contributed by atoms with Crippen LogP contribution in [0.2, 0.25) is 5.02 Å². The third-order valence-electron chi connectivity index (χ3n) is 3.21. The molecule has 0 fully saturated rings. The molecule has 0 aliphatic heterocycles. The molecule has 2 rings (SSSR count). The molecule has 0 radical (unpaired) electrons. The van der Waals surface area contributed by atoms with Crippen molar-refractivity contribution in [2.75, 3.05) is 10.6 Å². The van der Waals surface area contributed by atoms with Crippen LogP contribution in [0.25, 0.3) is 0 Å². The lowest BCUT2D eigenvalue weighted by Crippen LogP contribution is -2.15. The van der Waals surface area contributed by atoms with Crippen molar-refractivity contribution >= 4 is 40.6 Å². The van der Waals surface area contributed by atoms with Crippen LogP contribution < -0.4 is 10.6 Å². The maximum atomic E-state index is 12.2. The van der Waals surface area contributed by atoms with Crippen LogP contribution in [0.4, 0.5) is 11.4 Å². The lowest BCUT2D eigenvalue weighted by atomic mass is 10.2. The number of rotatable bonds is 5. The Morgan fingerprint density at radius 2 is 1.92 bits per heavy atom. The largest absolute Gasteiger partial charge is 0.360 e. The van der Waals surface area contributed by atoms with Crippen LogP contribution >= 0.6 is 23.4 Å². The van der Waals surface area contributed by atoms with Gasteiger partial charge in [0.05, 0.1) is 0 Å². The highest BCUT2D eigenvalue weighted by Gasteiger charge is 2.11. The molecule has 1 amide bonds. The second-order valence-corrected chi connectivity index (χ2v) is 6.24. The first kappa shape index (κ1) is 18.4. The van der Waals surface area contributed by atoms with Gasteiger partial charge in [-0.1, -0.05) is 17.7 Å². The summed E-state index contributed by atoms with van der Waals surface area (Å²) in [4.78, 5) is 13.1. The number of benzene rings is 2. The van der Waals surface area contributed by atoms with Crippen LogP contribution in [0.5, 0.6) is 0 Å². The summed E-state index contributed by atoms with van der Waals surface area (Å²) in [6.45, 7) is 1.83. The summed E-state index contributed by atoms with van der Waals surface area (Å²) >= 11 is 6.98. The number of carbonyl (C=O) groups excluding carboxylic acids is 1. The van der Waals surface area contributed by atoms with Crippen molar-refractivity contribution in [3.05, 3.63) is 64.8 Å². The smallest absolute Gasteiger partial charge is 0.267 e. The highest BCUT2D eigenvalue weighted by atomic mass is 35.5. The molecular weight excluding hydrogens is 356 g/mol. The van der Waals surface area contributed by atoms with Crippen molar-refractivity contribution in [1.29, 1.82) is 10.5 Å². The highest BCUT2D eigenvalue weighted by Crippen LogP contribution is 2.21. The molecule has 0 aromatic heterocycles. The second kappa shape index (κ2) is 8.79. The van der Waals surface area contributed by atoms with E-state index in [-0.39, 0.29) is 5.57 Å². The first-order valence-electron chi connectivity index (χ1n) is 7.14. The second-order valence-electron chi connectivity index (χ2n) is 4.95. The minimum Gasteiger partial charge on any atom is -0.360 e. The first-order valence-corrected chi connectivity index (χ1v) is 8.33. The summed E-state index contributed by atoms with van der Waals surface area (Å²) < 4.78 is 0. The van der Waals surface area contributed by atoms with Gasteiger partial charge in [-0.3, -0.25) is 4.79 Å². The Balaban J connectivity index is 2.09. The van der Waals surface area contributed by atoms with Gasteiger partial charge in [-0.05, 0) is 60.6 Å². The van der Waals surface area contributed by atoms with E-state index in [1.54, 1.807) is 42.5 Å². The van der Waals surface area contributed by atoms with Crippen molar-refractivity contribution in [1.82, 2.24) is 0 Å². The number of nitriles is 2. The topological polar surface area (TPSA) is 88.7 Å². The standard InChI is InChI=1S/C18H13ClN4OS/c1-12-2-3-14(19)8-17(12)23-18(24)13(9-20)10-22-15-4-6-16(7-5-15)25-11-21/h2-8,10,22H,1H3,(H,23,24)/b13-10-. The molecule has 25 heavy (non-hydrogen) atoms. The number of hydrogen-bond acceptors (Lipinski definition) is 5. The normalized spacial score (nSPS) is 10.5. The average molecular weight is 369 g/mol. The lowest BCUT2D eigenvalue weighted by molar-refractivity contribution is -0.112. The zero-order valence-corrected chi connectivity index (χ0v) is 14.8. The van der Waals surface area contributed by atoms with Crippen LogP contribution in [0.3, 0.4) is 0 Å². The molecule has 2 aromatic rings. The van der Waals surface area contributed by atoms with E-state index in [0.717, 1.165) is 22.2 Å². The number of halogens is 1. The molecule has 124 valence electrons. The summed E-state index contributed by atoms with van der Waals surface area (Å²) in [5.41, 5.74) is 2.02. The van der Waals surface area contributed by atoms with Gasteiger partial charge >= 0.3 is 0 Å². The molecule has 0 bridgehead atoms. The number of anilines is 2. The van der Waals surface area contributed by atoms with Gasteiger partial charge in [-0.15, -0.1) is 0 Å².